The molecule has 1 N–H and O–H groups in total. The van der Waals surface area contributed by atoms with E-state index in [0.717, 1.165) is 20.8 Å². The maximum Gasteiger partial charge on any atom is 0.332 e. The van der Waals surface area contributed by atoms with Crippen LogP contribution in [0.4, 0.5) is 5.69 Å². The van der Waals surface area contributed by atoms with Crippen LogP contribution in [0.5, 0.6) is 5.75 Å². The molecule has 0 radical (unpaired) electrons. The van der Waals surface area contributed by atoms with Gasteiger partial charge in [-0.2, -0.15) is 0 Å². The quantitative estimate of drug-likeness (QED) is 0.295. The van der Waals surface area contributed by atoms with E-state index in [4.69, 9.17) is 4.74 Å². The molecule has 0 spiro atoms. The number of hydrogen-bond acceptors (Lipinski definition) is 7. The van der Waals surface area contributed by atoms with Crippen molar-refractivity contribution in [3.63, 3.8) is 0 Å². The first-order chi connectivity index (χ1) is 16.3. The number of fused-ring (bicyclic) bond motifs is 1. The Morgan fingerprint density at radius 2 is 1.71 bits per heavy atom. The van der Waals surface area contributed by atoms with E-state index in [-0.39, 0.29) is 22.7 Å². The van der Waals surface area contributed by atoms with Crippen molar-refractivity contribution in [1.29, 1.82) is 0 Å². The normalized spacial score (nSPS) is 10.9. The molecule has 0 saturated carbocycles. The molecule has 0 unspecified atom stereocenters. The molecule has 0 aliphatic rings. The molecular weight excluding hydrogens is 522 g/mol. The van der Waals surface area contributed by atoms with Crippen molar-refractivity contribution >= 4 is 50.3 Å². The van der Waals surface area contributed by atoms with Crippen LogP contribution < -0.4 is 21.3 Å². The second kappa shape index (κ2) is 9.82. The summed E-state index contributed by atoms with van der Waals surface area (Å²) in [7, 11) is 4.51. The number of ether oxygens (including phenoxy) is 1. The Labute approximate surface area is 206 Å². The molecule has 174 valence electrons. The summed E-state index contributed by atoms with van der Waals surface area (Å²) >= 11 is 4.47. The lowest BCUT2D eigenvalue weighted by atomic mass is 10.2. The zero-order valence-electron chi connectivity index (χ0n) is 18.5. The highest BCUT2D eigenvalue weighted by atomic mass is 79.9. The van der Waals surface area contributed by atoms with E-state index in [1.54, 1.807) is 50.6 Å². The molecule has 4 rings (SSSR count). The van der Waals surface area contributed by atoms with Gasteiger partial charge in [-0.3, -0.25) is 18.7 Å². The molecule has 2 aromatic heterocycles. The minimum atomic E-state index is -0.518. The van der Waals surface area contributed by atoms with Gasteiger partial charge in [0.25, 0.3) is 5.56 Å². The maximum atomic E-state index is 13.0. The number of aromatic nitrogens is 4. The lowest BCUT2D eigenvalue weighted by molar-refractivity contribution is -0.113. The lowest BCUT2D eigenvalue weighted by Crippen LogP contribution is -2.37. The van der Waals surface area contributed by atoms with Gasteiger partial charge >= 0.3 is 5.69 Å². The first kappa shape index (κ1) is 23.7. The standard InChI is InChI=1S/C23H20BrN5O4S/c1-28-20-18(22(31)29(2)23(28)32)21(27-19(26-20)13-4-10-16(33-3)11-5-13)34-12-17(30)25-15-8-6-14(24)7-9-15/h4-11H,12H2,1-3H3,(H,25,30). The summed E-state index contributed by atoms with van der Waals surface area (Å²) < 4.78 is 8.41. The zero-order chi connectivity index (χ0) is 24.4. The van der Waals surface area contributed by atoms with E-state index in [1.807, 2.05) is 12.1 Å². The van der Waals surface area contributed by atoms with E-state index in [2.05, 4.69) is 31.2 Å². The van der Waals surface area contributed by atoms with Crippen LogP contribution in [-0.4, -0.2) is 37.9 Å². The molecular formula is C23H20BrN5O4S. The number of methoxy groups -OCH3 is 1. The molecule has 4 aromatic rings. The molecule has 0 atom stereocenters. The number of nitrogens with zero attached hydrogens (tertiary/aromatic N) is 4. The summed E-state index contributed by atoms with van der Waals surface area (Å²) in [5, 5.41) is 3.32. The first-order valence-electron chi connectivity index (χ1n) is 10.1. The number of carbonyl (C=O) groups is 1. The number of halogens is 1. The average molecular weight is 542 g/mol. The zero-order valence-corrected chi connectivity index (χ0v) is 20.9. The molecule has 0 aliphatic heterocycles. The number of rotatable bonds is 6. The molecule has 1 amide bonds. The Kier molecular flexibility index (Phi) is 6.85. The van der Waals surface area contributed by atoms with Gasteiger partial charge in [0.05, 0.1) is 12.9 Å². The highest BCUT2D eigenvalue weighted by Gasteiger charge is 2.19. The van der Waals surface area contributed by atoms with Gasteiger partial charge in [0.2, 0.25) is 5.91 Å². The van der Waals surface area contributed by atoms with Crippen molar-refractivity contribution in [2.24, 2.45) is 14.1 Å². The van der Waals surface area contributed by atoms with Crippen molar-refractivity contribution < 1.29 is 9.53 Å². The summed E-state index contributed by atoms with van der Waals surface area (Å²) in [5.41, 5.74) is 0.510. The van der Waals surface area contributed by atoms with Crippen LogP contribution in [0.15, 0.2) is 67.6 Å². The minimum Gasteiger partial charge on any atom is -0.497 e. The predicted octanol–water partition coefficient (Wildman–Crippen LogP) is 3.20. The third-order valence-electron chi connectivity index (χ3n) is 5.08. The topological polar surface area (TPSA) is 108 Å². The Balaban J connectivity index is 1.75. The molecule has 11 heteroatoms. The molecule has 9 nitrogen and oxygen atoms in total. The molecule has 2 aromatic carbocycles. The SMILES string of the molecule is COc1ccc(-c2nc(SCC(=O)Nc3ccc(Br)cc3)c3c(=O)n(C)c(=O)n(C)c3n2)cc1. The molecule has 0 bridgehead atoms. The van der Waals surface area contributed by atoms with Gasteiger partial charge < -0.3 is 10.1 Å². The Morgan fingerprint density at radius 3 is 2.35 bits per heavy atom. The number of nitrogens with one attached hydrogen (secondary N) is 1. The fourth-order valence-electron chi connectivity index (χ4n) is 3.27. The number of carbonyl (C=O) groups excluding carboxylic acids is 1. The van der Waals surface area contributed by atoms with Crippen LogP contribution in [0, 0.1) is 0 Å². The summed E-state index contributed by atoms with van der Waals surface area (Å²) in [6.07, 6.45) is 0. The summed E-state index contributed by atoms with van der Waals surface area (Å²) in [6, 6.07) is 14.3. The van der Waals surface area contributed by atoms with Crippen LogP contribution in [0.2, 0.25) is 0 Å². The second-order valence-corrected chi connectivity index (χ2v) is 9.21. The van der Waals surface area contributed by atoms with Crippen LogP contribution in [0.25, 0.3) is 22.4 Å². The fraction of sp³-hybridized carbons (Fsp3) is 0.174. The molecule has 0 fully saturated rings. The van der Waals surface area contributed by atoms with Crippen molar-refractivity contribution in [2.75, 3.05) is 18.2 Å². The third-order valence-corrected chi connectivity index (χ3v) is 6.59. The van der Waals surface area contributed by atoms with Crippen LogP contribution in [-0.2, 0) is 18.9 Å². The fourth-order valence-corrected chi connectivity index (χ4v) is 4.35. The van der Waals surface area contributed by atoms with Crippen LogP contribution in [0.1, 0.15) is 0 Å². The van der Waals surface area contributed by atoms with Crippen LogP contribution in [0.3, 0.4) is 0 Å². The van der Waals surface area contributed by atoms with Gasteiger partial charge in [-0.25, -0.2) is 14.8 Å². The van der Waals surface area contributed by atoms with Gasteiger partial charge in [-0.1, -0.05) is 27.7 Å². The van der Waals surface area contributed by atoms with Gasteiger partial charge in [0.15, 0.2) is 11.5 Å². The molecule has 0 saturated heterocycles. The highest BCUT2D eigenvalue weighted by molar-refractivity contribution is 9.10. The lowest BCUT2D eigenvalue weighted by Gasteiger charge is -2.12. The van der Waals surface area contributed by atoms with E-state index in [9.17, 15) is 14.4 Å². The van der Waals surface area contributed by atoms with Gasteiger partial charge in [0.1, 0.15) is 16.2 Å². The molecule has 0 aliphatic carbocycles. The van der Waals surface area contributed by atoms with Crippen molar-refractivity contribution in [3.8, 4) is 17.1 Å². The maximum absolute atomic E-state index is 13.0. The van der Waals surface area contributed by atoms with E-state index in [0.29, 0.717) is 27.9 Å². The average Bonchev–Trinajstić information content (AvgIpc) is 2.85. The minimum absolute atomic E-state index is 0.0101. The summed E-state index contributed by atoms with van der Waals surface area (Å²) in [4.78, 5) is 47.1. The van der Waals surface area contributed by atoms with Gasteiger partial charge in [-0.15, -0.1) is 0 Å². The Bertz CT molecular complexity index is 1500. The number of thioether (sulfide) groups is 1. The van der Waals surface area contributed by atoms with E-state index in [1.165, 1.54) is 11.6 Å². The van der Waals surface area contributed by atoms with Gasteiger partial charge in [0, 0.05) is 29.8 Å². The number of anilines is 1. The smallest absolute Gasteiger partial charge is 0.332 e. The third kappa shape index (κ3) is 4.75. The van der Waals surface area contributed by atoms with Gasteiger partial charge in [-0.05, 0) is 48.5 Å². The van der Waals surface area contributed by atoms with Crippen molar-refractivity contribution in [1.82, 2.24) is 19.1 Å². The molecule has 34 heavy (non-hydrogen) atoms. The second-order valence-electron chi connectivity index (χ2n) is 7.33. The summed E-state index contributed by atoms with van der Waals surface area (Å²) in [5.74, 6) is 0.752. The number of amides is 1. The summed E-state index contributed by atoms with van der Waals surface area (Å²) in [6.45, 7) is 0. The van der Waals surface area contributed by atoms with E-state index >= 15 is 0 Å². The Morgan fingerprint density at radius 1 is 1.03 bits per heavy atom. The van der Waals surface area contributed by atoms with Crippen molar-refractivity contribution in [2.45, 2.75) is 5.03 Å². The van der Waals surface area contributed by atoms with Crippen LogP contribution >= 0.6 is 27.7 Å². The largest absolute Gasteiger partial charge is 0.497 e. The predicted molar refractivity (Wildman–Crippen MR) is 136 cm³/mol. The number of hydrogen-bond donors (Lipinski definition) is 1. The Hall–Kier alpha value is -3.44. The highest BCUT2D eigenvalue weighted by Crippen LogP contribution is 2.27. The first-order valence-corrected chi connectivity index (χ1v) is 11.9. The molecule has 2 heterocycles. The van der Waals surface area contributed by atoms with E-state index < -0.39 is 11.2 Å². The van der Waals surface area contributed by atoms with Crippen molar-refractivity contribution in [3.05, 3.63) is 73.8 Å². The number of aryl methyl sites for hydroxylation is 1. The number of benzene rings is 2. The monoisotopic (exact) mass is 541 g/mol.